The van der Waals surface area contributed by atoms with Crippen molar-refractivity contribution < 1.29 is 13.2 Å². The first kappa shape index (κ1) is 15.5. The normalized spacial score (nSPS) is 11.4. The summed E-state index contributed by atoms with van der Waals surface area (Å²) in [5.74, 6) is 0.396. The zero-order chi connectivity index (χ0) is 14.5. The fourth-order valence-corrected chi connectivity index (χ4v) is 2.04. The van der Waals surface area contributed by atoms with E-state index in [1.165, 1.54) is 0 Å². The Morgan fingerprint density at radius 1 is 1.21 bits per heavy atom. The van der Waals surface area contributed by atoms with Gasteiger partial charge in [-0.3, -0.25) is 9.52 Å². The molecule has 0 aromatic heterocycles. The topological polar surface area (TPSA) is 75.3 Å². The lowest BCUT2D eigenvalue weighted by molar-refractivity contribution is 0.0952. The minimum absolute atomic E-state index is 0.147. The molecular weight excluding hydrogens is 264 g/mol. The predicted octanol–water partition coefficient (Wildman–Crippen LogP) is 1.83. The van der Waals surface area contributed by atoms with Gasteiger partial charge in [0.15, 0.2) is 0 Å². The molecular formula is C13H20N2O3S. The minimum Gasteiger partial charge on any atom is -0.352 e. The number of carbonyl (C=O) groups is 1. The van der Waals surface area contributed by atoms with E-state index in [4.69, 9.17) is 0 Å². The molecule has 2 N–H and O–H groups in total. The molecule has 0 heterocycles. The maximum Gasteiger partial charge on any atom is 0.251 e. The summed E-state index contributed by atoms with van der Waals surface area (Å²) < 4.78 is 24.4. The summed E-state index contributed by atoms with van der Waals surface area (Å²) >= 11 is 0. The van der Waals surface area contributed by atoms with Crippen molar-refractivity contribution in [1.82, 2.24) is 5.32 Å². The predicted molar refractivity (Wildman–Crippen MR) is 76.7 cm³/mol. The Morgan fingerprint density at radius 2 is 1.79 bits per heavy atom. The summed E-state index contributed by atoms with van der Waals surface area (Å²) in [6.07, 6.45) is 2.01. The van der Waals surface area contributed by atoms with Crippen molar-refractivity contribution in [1.29, 1.82) is 0 Å². The number of nitrogens with one attached hydrogen (secondary N) is 2. The van der Waals surface area contributed by atoms with Gasteiger partial charge in [-0.1, -0.05) is 13.8 Å². The average Bonchev–Trinajstić information content (AvgIpc) is 2.27. The first-order valence-corrected chi connectivity index (χ1v) is 8.03. The molecule has 0 saturated carbocycles. The molecule has 0 aliphatic carbocycles. The van der Waals surface area contributed by atoms with E-state index in [0.29, 0.717) is 23.7 Å². The van der Waals surface area contributed by atoms with Gasteiger partial charge in [0.25, 0.3) is 5.91 Å². The van der Waals surface area contributed by atoms with E-state index in [1.54, 1.807) is 24.3 Å². The van der Waals surface area contributed by atoms with Crippen molar-refractivity contribution in [3.05, 3.63) is 29.8 Å². The van der Waals surface area contributed by atoms with Gasteiger partial charge in [-0.2, -0.15) is 0 Å². The molecule has 0 fully saturated rings. The van der Waals surface area contributed by atoms with Crippen molar-refractivity contribution in [3.63, 3.8) is 0 Å². The summed E-state index contributed by atoms with van der Waals surface area (Å²) in [5, 5.41) is 2.82. The smallest absolute Gasteiger partial charge is 0.251 e. The number of rotatable bonds is 6. The van der Waals surface area contributed by atoms with Gasteiger partial charge in [-0.05, 0) is 36.6 Å². The third kappa shape index (κ3) is 6.24. The number of anilines is 1. The number of hydrogen-bond acceptors (Lipinski definition) is 3. The monoisotopic (exact) mass is 284 g/mol. The summed E-state index contributed by atoms with van der Waals surface area (Å²) in [5.41, 5.74) is 0.962. The highest BCUT2D eigenvalue weighted by atomic mass is 32.2. The third-order valence-corrected chi connectivity index (χ3v) is 3.06. The largest absolute Gasteiger partial charge is 0.352 e. The highest BCUT2D eigenvalue weighted by Crippen LogP contribution is 2.10. The van der Waals surface area contributed by atoms with Crippen LogP contribution in [0.25, 0.3) is 0 Å². The fraction of sp³-hybridized carbons (Fsp3) is 0.462. The molecule has 19 heavy (non-hydrogen) atoms. The summed E-state index contributed by atoms with van der Waals surface area (Å²) in [7, 11) is -3.28. The van der Waals surface area contributed by atoms with Gasteiger partial charge in [0, 0.05) is 17.8 Å². The number of carbonyl (C=O) groups excluding carboxylic acids is 1. The first-order valence-electron chi connectivity index (χ1n) is 6.14. The van der Waals surface area contributed by atoms with Gasteiger partial charge >= 0.3 is 0 Å². The van der Waals surface area contributed by atoms with E-state index in [-0.39, 0.29) is 5.91 Å². The highest BCUT2D eigenvalue weighted by molar-refractivity contribution is 7.92. The molecule has 1 amide bonds. The van der Waals surface area contributed by atoms with Crippen LogP contribution in [0.4, 0.5) is 5.69 Å². The fourth-order valence-electron chi connectivity index (χ4n) is 1.48. The van der Waals surface area contributed by atoms with Gasteiger partial charge in [-0.25, -0.2) is 8.42 Å². The van der Waals surface area contributed by atoms with E-state index in [0.717, 1.165) is 12.7 Å². The van der Waals surface area contributed by atoms with Gasteiger partial charge in [0.05, 0.1) is 6.26 Å². The molecule has 0 aliphatic rings. The van der Waals surface area contributed by atoms with Crippen LogP contribution in [-0.4, -0.2) is 27.1 Å². The van der Waals surface area contributed by atoms with Gasteiger partial charge in [-0.15, -0.1) is 0 Å². The van der Waals surface area contributed by atoms with Crippen LogP contribution in [0.2, 0.25) is 0 Å². The van der Waals surface area contributed by atoms with Crippen LogP contribution in [0.1, 0.15) is 30.6 Å². The first-order chi connectivity index (χ1) is 8.78. The van der Waals surface area contributed by atoms with Crippen LogP contribution in [0, 0.1) is 5.92 Å². The van der Waals surface area contributed by atoms with Crippen molar-refractivity contribution in [2.45, 2.75) is 20.3 Å². The number of hydrogen-bond donors (Lipinski definition) is 2. The minimum atomic E-state index is -3.28. The molecule has 1 aromatic carbocycles. The molecule has 0 aliphatic heterocycles. The quantitative estimate of drug-likeness (QED) is 0.837. The zero-order valence-electron chi connectivity index (χ0n) is 11.4. The zero-order valence-corrected chi connectivity index (χ0v) is 12.3. The Balaban J connectivity index is 2.58. The maximum absolute atomic E-state index is 11.8. The molecule has 1 aromatic rings. The number of sulfonamides is 1. The highest BCUT2D eigenvalue weighted by Gasteiger charge is 2.06. The van der Waals surface area contributed by atoms with Gasteiger partial charge < -0.3 is 5.32 Å². The van der Waals surface area contributed by atoms with E-state index in [9.17, 15) is 13.2 Å². The third-order valence-electron chi connectivity index (χ3n) is 2.46. The molecule has 0 bridgehead atoms. The second kappa shape index (κ2) is 6.56. The van der Waals surface area contributed by atoms with Crippen LogP contribution < -0.4 is 10.0 Å². The number of benzene rings is 1. The lowest BCUT2D eigenvalue weighted by Gasteiger charge is -2.08. The lowest BCUT2D eigenvalue weighted by Crippen LogP contribution is -2.25. The molecule has 0 spiro atoms. The Morgan fingerprint density at radius 3 is 2.26 bits per heavy atom. The number of amides is 1. The molecule has 106 valence electrons. The van der Waals surface area contributed by atoms with Crippen LogP contribution in [0.3, 0.4) is 0 Å². The summed E-state index contributed by atoms with van der Waals surface area (Å²) in [6, 6.07) is 6.33. The SMILES string of the molecule is CC(C)CCNC(=O)c1ccc(NS(C)(=O)=O)cc1. The average molecular weight is 284 g/mol. The van der Waals surface area contributed by atoms with Gasteiger partial charge in [0.2, 0.25) is 10.0 Å². The Kier molecular flexibility index (Phi) is 5.35. The van der Waals surface area contributed by atoms with Crippen LogP contribution in [0.15, 0.2) is 24.3 Å². The van der Waals surface area contributed by atoms with Gasteiger partial charge in [0.1, 0.15) is 0 Å². The van der Waals surface area contributed by atoms with Crippen molar-refractivity contribution in [2.24, 2.45) is 5.92 Å². The van der Waals surface area contributed by atoms with E-state index < -0.39 is 10.0 Å². The summed E-state index contributed by atoms with van der Waals surface area (Å²) in [6.45, 7) is 4.83. The molecule has 0 saturated heterocycles. The Hall–Kier alpha value is -1.56. The van der Waals surface area contributed by atoms with E-state index in [1.807, 2.05) is 0 Å². The summed E-state index contributed by atoms with van der Waals surface area (Å²) in [4.78, 5) is 11.8. The second-order valence-corrected chi connectivity index (χ2v) is 6.64. The molecule has 1 rings (SSSR count). The van der Waals surface area contributed by atoms with Crippen molar-refractivity contribution in [3.8, 4) is 0 Å². The molecule has 0 atom stereocenters. The van der Waals surface area contributed by atoms with Crippen molar-refractivity contribution >= 4 is 21.6 Å². The van der Waals surface area contributed by atoms with Crippen LogP contribution in [0.5, 0.6) is 0 Å². The lowest BCUT2D eigenvalue weighted by atomic mass is 10.1. The van der Waals surface area contributed by atoms with Crippen LogP contribution in [-0.2, 0) is 10.0 Å². The Labute approximate surface area is 114 Å². The second-order valence-electron chi connectivity index (χ2n) is 4.89. The van der Waals surface area contributed by atoms with E-state index >= 15 is 0 Å². The van der Waals surface area contributed by atoms with Crippen molar-refractivity contribution in [2.75, 3.05) is 17.5 Å². The molecule has 0 radical (unpaired) electrons. The Bertz CT molecular complexity index is 521. The molecule has 0 unspecified atom stereocenters. The standard InChI is InChI=1S/C13H20N2O3S/c1-10(2)8-9-14-13(16)11-4-6-12(7-5-11)15-19(3,17)18/h4-7,10,15H,8-9H2,1-3H3,(H,14,16). The molecule has 5 nitrogen and oxygen atoms in total. The molecule has 6 heteroatoms. The maximum atomic E-state index is 11.8. The van der Waals surface area contributed by atoms with Crippen LogP contribution >= 0.6 is 0 Å². The van der Waals surface area contributed by atoms with E-state index in [2.05, 4.69) is 23.9 Å².